The third kappa shape index (κ3) is 3.96. The molecular formula is C14H22FNO2. The Labute approximate surface area is 108 Å². The van der Waals surface area contributed by atoms with Crippen LogP contribution in [0.5, 0.6) is 0 Å². The number of aliphatic hydroxyl groups excluding tert-OH is 1. The molecule has 1 unspecified atom stereocenters. The quantitative estimate of drug-likeness (QED) is 0.821. The Morgan fingerprint density at radius 3 is 2.39 bits per heavy atom. The van der Waals surface area contributed by atoms with Gasteiger partial charge in [0.25, 0.3) is 0 Å². The maximum absolute atomic E-state index is 13.6. The molecule has 0 amide bonds. The number of ether oxygens (including phenoxy) is 1. The highest BCUT2D eigenvalue weighted by molar-refractivity contribution is 5.46. The molecule has 18 heavy (non-hydrogen) atoms. The normalized spacial score (nSPS) is 15.2. The summed E-state index contributed by atoms with van der Waals surface area (Å²) in [5, 5.41) is 12.6. The van der Waals surface area contributed by atoms with E-state index in [-0.39, 0.29) is 12.4 Å². The van der Waals surface area contributed by atoms with Crippen LogP contribution in [0.2, 0.25) is 0 Å². The summed E-state index contributed by atoms with van der Waals surface area (Å²) in [7, 11) is 1.63. The lowest BCUT2D eigenvalue weighted by atomic mass is 9.88. The van der Waals surface area contributed by atoms with Crippen LogP contribution in [0.3, 0.4) is 0 Å². The van der Waals surface area contributed by atoms with E-state index in [0.717, 1.165) is 0 Å². The third-order valence-corrected chi connectivity index (χ3v) is 3.03. The van der Waals surface area contributed by atoms with Crippen LogP contribution >= 0.6 is 0 Å². The molecule has 0 aliphatic carbocycles. The molecule has 0 aliphatic heterocycles. The van der Waals surface area contributed by atoms with Gasteiger partial charge in [-0.1, -0.05) is 12.1 Å². The molecule has 1 aromatic rings. The summed E-state index contributed by atoms with van der Waals surface area (Å²) in [6.45, 7) is 5.61. The molecule has 1 atom stereocenters. The van der Waals surface area contributed by atoms with E-state index in [1.54, 1.807) is 25.3 Å². The Kier molecular flexibility index (Phi) is 4.71. The zero-order valence-electron chi connectivity index (χ0n) is 11.5. The van der Waals surface area contributed by atoms with Crippen LogP contribution in [0, 0.1) is 5.82 Å². The van der Waals surface area contributed by atoms with Crippen molar-refractivity contribution in [2.45, 2.75) is 38.3 Å². The minimum Gasteiger partial charge on any atom is -0.394 e. The van der Waals surface area contributed by atoms with Crippen LogP contribution < -0.4 is 5.32 Å². The van der Waals surface area contributed by atoms with Crippen LogP contribution in [0.4, 0.5) is 10.1 Å². The van der Waals surface area contributed by atoms with Crippen LogP contribution in [0.25, 0.3) is 0 Å². The number of benzene rings is 1. The van der Waals surface area contributed by atoms with E-state index < -0.39 is 11.1 Å². The standard InChI is InChI=1S/C14H22FNO2/c1-13(2,18-4)9-14(3,10-17)16-12-8-6-5-7-11(12)15/h5-8,16-17H,9-10H2,1-4H3. The smallest absolute Gasteiger partial charge is 0.146 e. The average Bonchev–Trinajstić information content (AvgIpc) is 2.32. The van der Waals surface area contributed by atoms with Crippen LogP contribution in [0.15, 0.2) is 24.3 Å². The van der Waals surface area contributed by atoms with Crippen molar-refractivity contribution in [1.82, 2.24) is 0 Å². The number of aliphatic hydroxyl groups is 1. The number of hydrogen-bond donors (Lipinski definition) is 2. The van der Waals surface area contributed by atoms with E-state index in [4.69, 9.17) is 4.74 Å². The highest BCUT2D eigenvalue weighted by atomic mass is 19.1. The number of para-hydroxylation sites is 1. The lowest BCUT2D eigenvalue weighted by molar-refractivity contribution is -0.00536. The summed E-state index contributed by atoms with van der Waals surface area (Å²) in [4.78, 5) is 0. The minimum absolute atomic E-state index is 0.103. The Bertz CT molecular complexity index is 395. The number of anilines is 1. The molecule has 2 N–H and O–H groups in total. The fourth-order valence-electron chi connectivity index (χ4n) is 2.04. The first-order chi connectivity index (χ1) is 8.32. The fraction of sp³-hybridized carbons (Fsp3) is 0.571. The number of nitrogens with one attached hydrogen (secondary N) is 1. The zero-order valence-corrected chi connectivity index (χ0v) is 11.5. The topological polar surface area (TPSA) is 41.5 Å². The molecule has 0 saturated heterocycles. The lowest BCUT2D eigenvalue weighted by Crippen LogP contribution is -2.45. The SMILES string of the molecule is COC(C)(C)CC(C)(CO)Nc1ccccc1F. The van der Waals surface area contributed by atoms with Crippen molar-refractivity contribution in [2.75, 3.05) is 19.0 Å². The van der Waals surface area contributed by atoms with Gasteiger partial charge in [0.05, 0.1) is 23.4 Å². The highest BCUT2D eigenvalue weighted by Crippen LogP contribution is 2.27. The van der Waals surface area contributed by atoms with Gasteiger partial charge in [-0.3, -0.25) is 0 Å². The molecule has 0 heterocycles. The first-order valence-corrected chi connectivity index (χ1v) is 6.01. The molecule has 0 fully saturated rings. The van der Waals surface area contributed by atoms with Crippen molar-refractivity contribution >= 4 is 5.69 Å². The number of methoxy groups -OCH3 is 1. The van der Waals surface area contributed by atoms with Crippen molar-refractivity contribution in [3.63, 3.8) is 0 Å². The summed E-state index contributed by atoms with van der Waals surface area (Å²) >= 11 is 0. The fourth-order valence-corrected chi connectivity index (χ4v) is 2.04. The molecule has 0 radical (unpaired) electrons. The minimum atomic E-state index is -0.637. The number of hydrogen-bond acceptors (Lipinski definition) is 3. The Morgan fingerprint density at radius 2 is 1.89 bits per heavy atom. The highest BCUT2D eigenvalue weighted by Gasteiger charge is 2.32. The molecule has 0 bridgehead atoms. The van der Waals surface area contributed by atoms with Crippen molar-refractivity contribution in [3.05, 3.63) is 30.1 Å². The third-order valence-electron chi connectivity index (χ3n) is 3.03. The summed E-state index contributed by atoms with van der Waals surface area (Å²) in [6, 6.07) is 6.44. The molecular weight excluding hydrogens is 233 g/mol. The van der Waals surface area contributed by atoms with Crippen molar-refractivity contribution < 1.29 is 14.2 Å². The molecule has 3 nitrogen and oxygen atoms in total. The summed E-state index contributed by atoms with van der Waals surface area (Å²) < 4.78 is 19.0. The van der Waals surface area contributed by atoms with Gasteiger partial charge < -0.3 is 15.2 Å². The van der Waals surface area contributed by atoms with Gasteiger partial charge >= 0.3 is 0 Å². The molecule has 102 valence electrons. The molecule has 0 saturated carbocycles. The van der Waals surface area contributed by atoms with Gasteiger partial charge in [-0.25, -0.2) is 4.39 Å². The second kappa shape index (κ2) is 5.67. The molecule has 0 aliphatic rings. The Balaban J connectivity index is 2.86. The van der Waals surface area contributed by atoms with Gasteiger partial charge in [-0.2, -0.15) is 0 Å². The van der Waals surface area contributed by atoms with Gasteiger partial charge in [0, 0.05) is 13.5 Å². The van der Waals surface area contributed by atoms with E-state index in [0.29, 0.717) is 12.1 Å². The maximum Gasteiger partial charge on any atom is 0.146 e. The van der Waals surface area contributed by atoms with Gasteiger partial charge in [-0.05, 0) is 32.9 Å². The predicted octanol–water partition coefficient (Wildman–Crippen LogP) is 2.80. The van der Waals surface area contributed by atoms with Crippen molar-refractivity contribution in [2.24, 2.45) is 0 Å². The van der Waals surface area contributed by atoms with Crippen LogP contribution in [0.1, 0.15) is 27.2 Å². The lowest BCUT2D eigenvalue weighted by Gasteiger charge is -2.37. The molecule has 0 spiro atoms. The van der Waals surface area contributed by atoms with Gasteiger partial charge in [0.15, 0.2) is 0 Å². The molecule has 1 aromatic carbocycles. The van der Waals surface area contributed by atoms with E-state index >= 15 is 0 Å². The maximum atomic E-state index is 13.6. The van der Waals surface area contributed by atoms with E-state index in [1.807, 2.05) is 20.8 Å². The van der Waals surface area contributed by atoms with Gasteiger partial charge in [-0.15, -0.1) is 0 Å². The second-order valence-corrected chi connectivity index (χ2v) is 5.46. The number of halogens is 1. The number of rotatable bonds is 6. The molecule has 4 heteroatoms. The van der Waals surface area contributed by atoms with Gasteiger partial charge in [0.1, 0.15) is 5.82 Å². The van der Waals surface area contributed by atoms with Crippen molar-refractivity contribution in [3.8, 4) is 0 Å². The van der Waals surface area contributed by atoms with Crippen LogP contribution in [-0.4, -0.2) is 30.0 Å². The first-order valence-electron chi connectivity index (χ1n) is 6.01. The van der Waals surface area contributed by atoms with Crippen molar-refractivity contribution in [1.29, 1.82) is 0 Å². The first kappa shape index (κ1) is 14.9. The zero-order chi connectivity index (χ0) is 13.8. The second-order valence-electron chi connectivity index (χ2n) is 5.46. The molecule has 1 rings (SSSR count). The predicted molar refractivity (Wildman–Crippen MR) is 71.2 cm³/mol. The Hall–Kier alpha value is -1.13. The summed E-state index contributed by atoms with van der Waals surface area (Å²) in [5.74, 6) is -0.326. The Morgan fingerprint density at radius 1 is 1.28 bits per heavy atom. The van der Waals surface area contributed by atoms with E-state index in [1.165, 1.54) is 6.07 Å². The average molecular weight is 255 g/mol. The van der Waals surface area contributed by atoms with Gasteiger partial charge in [0.2, 0.25) is 0 Å². The van der Waals surface area contributed by atoms with E-state index in [2.05, 4.69) is 5.32 Å². The monoisotopic (exact) mass is 255 g/mol. The van der Waals surface area contributed by atoms with Crippen LogP contribution in [-0.2, 0) is 4.74 Å². The molecule has 0 aromatic heterocycles. The van der Waals surface area contributed by atoms with E-state index in [9.17, 15) is 9.50 Å². The summed E-state index contributed by atoms with van der Waals surface area (Å²) in [6.07, 6.45) is 0.557. The summed E-state index contributed by atoms with van der Waals surface area (Å²) in [5.41, 5.74) is -0.641. The largest absolute Gasteiger partial charge is 0.394 e.